The number of benzene rings is 2. The molecule has 0 heterocycles. The van der Waals surface area contributed by atoms with Gasteiger partial charge in [0.05, 0.1) is 0 Å². The van der Waals surface area contributed by atoms with Gasteiger partial charge < -0.3 is 0 Å². The first kappa shape index (κ1) is 12.4. The lowest BCUT2D eigenvalue weighted by Crippen LogP contribution is -1.77. The maximum Gasteiger partial charge on any atom is -0.00135 e. The third kappa shape index (κ3) is 1.98. The van der Waals surface area contributed by atoms with Gasteiger partial charge in [-0.25, -0.2) is 0 Å². The number of fused-ring (bicyclic) bond motifs is 3. The van der Waals surface area contributed by atoms with Gasteiger partial charge >= 0.3 is 0 Å². The van der Waals surface area contributed by atoms with Crippen LogP contribution in [0.15, 0.2) is 48.5 Å². The van der Waals surface area contributed by atoms with Gasteiger partial charge in [-0.2, -0.15) is 19.8 Å². The van der Waals surface area contributed by atoms with Crippen molar-refractivity contribution in [2.45, 2.75) is 6.42 Å². The predicted molar refractivity (Wildman–Crippen MR) is 76.9 cm³/mol. The summed E-state index contributed by atoms with van der Waals surface area (Å²) in [5.41, 5.74) is 5.75. The van der Waals surface area contributed by atoms with Gasteiger partial charge in [-0.3, -0.25) is 0 Å². The lowest BCUT2D eigenvalue weighted by Gasteiger charge is -1.98. The van der Waals surface area contributed by atoms with E-state index in [1.165, 1.54) is 22.3 Å². The van der Waals surface area contributed by atoms with Crippen LogP contribution in [0.5, 0.6) is 0 Å². The minimum atomic E-state index is 0. The summed E-state index contributed by atoms with van der Waals surface area (Å²) in [6.45, 7) is 0. The third-order valence-electron chi connectivity index (χ3n) is 2.71. The van der Waals surface area contributed by atoms with Crippen LogP contribution in [-0.4, -0.2) is 0 Å². The topological polar surface area (TPSA) is 0 Å². The molecule has 0 amide bonds. The molecule has 0 saturated heterocycles. The normalized spacial score (nSPS) is 10.7. The fraction of sp³-hybridized carbons (Fsp3) is 0.0769. The van der Waals surface area contributed by atoms with E-state index in [4.69, 9.17) is 0 Å². The van der Waals surface area contributed by atoms with E-state index in [1.807, 2.05) is 0 Å². The first-order valence-corrected chi connectivity index (χ1v) is 4.61. The van der Waals surface area contributed by atoms with E-state index in [0.29, 0.717) is 0 Å². The Balaban J connectivity index is 0.000000562. The van der Waals surface area contributed by atoms with Gasteiger partial charge in [0.1, 0.15) is 0 Å². The first-order chi connectivity index (χ1) is 6.45. The summed E-state index contributed by atoms with van der Waals surface area (Å²) >= 11 is 0. The molecule has 0 N–H and O–H groups in total. The smallest absolute Gasteiger partial charge is 0.00135 e. The monoisotopic (exact) mass is 234 g/mol. The van der Waals surface area contributed by atoms with E-state index in [1.54, 1.807) is 0 Å². The van der Waals surface area contributed by atoms with Crippen molar-refractivity contribution in [2.75, 3.05) is 0 Å². The summed E-state index contributed by atoms with van der Waals surface area (Å²) in [4.78, 5) is 0. The van der Waals surface area contributed by atoms with Crippen molar-refractivity contribution in [2.24, 2.45) is 0 Å². The SMILES string of the molecule is P.P.c1ccc2c(c1)Cc1ccccc1-2. The number of hydrogen-bond acceptors (Lipinski definition) is 0. The number of hydrogen-bond donors (Lipinski definition) is 0. The highest BCUT2D eigenvalue weighted by atomic mass is 31.0. The highest BCUT2D eigenvalue weighted by Crippen LogP contribution is 2.35. The van der Waals surface area contributed by atoms with Crippen molar-refractivity contribution >= 4 is 19.8 Å². The fourth-order valence-corrected chi connectivity index (χ4v) is 2.08. The zero-order valence-electron chi connectivity index (χ0n) is 8.74. The molecule has 0 aromatic heterocycles. The van der Waals surface area contributed by atoms with Gasteiger partial charge in [0.15, 0.2) is 0 Å². The minimum Gasteiger partial charge on any atom is -0.153 e. The molecule has 2 aromatic carbocycles. The molecule has 0 nitrogen and oxygen atoms in total. The second kappa shape index (κ2) is 4.88. The van der Waals surface area contributed by atoms with Crippen molar-refractivity contribution in [1.82, 2.24) is 0 Å². The van der Waals surface area contributed by atoms with Crippen molar-refractivity contribution in [3.8, 4) is 11.1 Å². The molecule has 15 heavy (non-hydrogen) atoms. The van der Waals surface area contributed by atoms with Crippen molar-refractivity contribution in [3.05, 3.63) is 59.7 Å². The molecule has 2 atom stereocenters. The Hall–Kier alpha value is -0.700. The molecule has 2 aromatic rings. The standard InChI is InChI=1S/C13H10.2H3P/c1-3-7-12-10(5-1)9-11-6-2-4-8-13(11)12;;/h1-8H,9H2;2*1H3. The van der Waals surface area contributed by atoms with E-state index in [-0.39, 0.29) is 19.8 Å². The molecule has 1 aliphatic rings. The molecule has 0 aliphatic heterocycles. The molecule has 2 heteroatoms. The van der Waals surface area contributed by atoms with E-state index in [0.717, 1.165) is 6.42 Å². The Labute approximate surface area is 97.3 Å². The molecule has 0 saturated carbocycles. The molecule has 0 bridgehead atoms. The summed E-state index contributed by atoms with van der Waals surface area (Å²) in [5.74, 6) is 0. The van der Waals surface area contributed by atoms with Crippen molar-refractivity contribution in [1.29, 1.82) is 0 Å². The second-order valence-corrected chi connectivity index (χ2v) is 3.49. The Bertz CT molecular complexity index is 420. The fourth-order valence-electron chi connectivity index (χ4n) is 2.08. The van der Waals surface area contributed by atoms with Crippen molar-refractivity contribution < 1.29 is 0 Å². The second-order valence-electron chi connectivity index (χ2n) is 3.49. The Morgan fingerprint density at radius 3 is 1.47 bits per heavy atom. The van der Waals surface area contributed by atoms with Gasteiger partial charge in [0.2, 0.25) is 0 Å². The first-order valence-electron chi connectivity index (χ1n) is 4.61. The molecule has 1 aliphatic carbocycles. The van der Waals surface area contributed by atoms with Crippen LogP contribution in [0.4, 0.5) is 0 Å². The summed E-state index contributed by atoms with van der Waals surface area (Å²) in [5, 5.41) is 0. The van der Waals surface area contributed by atoms with Crippen LogP contribution in [0.2, 0.25) is 0 Å². The molecule has 2 unspecified atom stereocenters. The molecule has 78 valence electrons. The molecule has 0 spiro atoms. The maximum absolute atomic E-state index is 2.22. The van der Waals surface area contributed by atoms with Gasteiger partial charge in [-0.15, -0.1) is 0 Å². The molecule has 3 rings (SSSR count). The molecular formula is C13H16P2. The van der Waals surface area contributed by atoms with E-state index in [2.05, 4.69) is 48.5 Å². The highest BCUT2D eigenvalue weighted by molar-refractivity contribution is 6.92. The van der Waals surface area contributed by atoms with E-state index < -0.39 is 0 Å². The average molecular weight is 234 g/mol. The van der Waals surface area contributed by atoms with Gasteiger partial charge in [-0.1, -0.05) is 48.5 Å². The summed E-state index contributed by atoms with van der Waals surface area (Å²) < 4.78 is 0. The zero-order chi connectivity index (χ0) is 8.67. The molecular weight excluding hydrogens is 218 g/mol. The van der Waals surface area contributed by atoms with Gasteiger partial charge in [0, 0.05) is 0 Å². The Morgan fingerprint density at radius 1 is 0.600 bits per heavy atom. The zero-order valence-corrected chi connectivity index (χ0v) is 11.6. The summed E-state index contributed by atoms with van der Waals surface area (Å²) in [6, 6.07) is 17.3. The predicted octanol–water partition coefficient (Wildman–Crippen LogP) is 3.37. The molecule has 0 fully saturated rings. The average Bonchev–Trinajstić information content (AvgIpc) is 2.56. The van der Waals surface area contributed by atoms with Crippen LogP contribution in [0.1, 0.15) is 11.1 Å². The van der Waals surface area contributed by atoms with Crippen LogP contribution in [0, 0.1) is 0 Å². The quantitative estimate of drug-likeness (QED) is 0.523. The lowest BCUT2D eigenvalue weighted by molar-refractivity contribution is 1.26. The Morgan fingerprint density at radius 2 is 1.00 bits per heavy atom. The van der Waals surface area contributed by atoms with Gasteiger partial charge in [-0.05, 0) is 28.7 Å². The lowest BCUT2D eigenvalue weighted by atomic mass is 10.1. The summed E-state index contributed by atoms with van der Waals surface area (Å²) in [7, 11) is 0. The van der Waals surface area contributed by atoms with Crippen LogP contribution in [0.3, 0.4) is 0 Å². The highest BCUT2D eigenvalue weighted by Gasteiger charge is 2.15. The van der Waals surface area contributed by atoms with Crippen LogP contribution >= 0.6 is 19.8 Å². The summed E-state index contributed by atoms with van der Waals surface area (Å²) in [6.07, 6.45) is 1.10. The number of rotatable bonds is 0. The van der Waals surface area contributed by atoms with Crippen LogP contribution in [0.25, 0.3) is 11.1 Å². The van der Waals surface area contributed by atoms with Crippen LogP contribution in [-0.2, 0) is 6.42 Å². The van der Waals surface area contributed by atoms with Crippen LogP contribution < -0.4 is 0 Å². The Kier molecular flexibility index (Phi) is 4.03. The van der Waals surface area contributed by atoms with Gasteiger partial charge in [0.25, 0.3) is 0 Å². The van der Waals surface area contributed by atoms with E-state index in [9.17, 15) is 0 Å². The van der Waals surface area contributed by atoms with E-state index >= 15 is 0 Å². The minimum absolute atomic E-state index is 0. The third-order valence-corrected chi connectivity index (χ3v) is 2.71. The maximum atomic E-state index is 2.22. The largest absolute Gasteiger partial charge is 0.153 e. The van der Waals surface area contributed by atoms with Crippen molar-refractivity contribution in [3.63, 3.8) is 0 Å². The molecule has 0 radical (unpaired) electrons.